The summed E-state index contributed by atoms with van der Waals surface area (Å²) in [5, 5.41) is 3.50. The maximum Gasteiger partial charge on any atom is 0.408 e. The van der Waals surface area contributed by atoms with Gasteiger partial charge in [-0.15, -0.1) is 6.58 Å². The van der Waals surface area contributed by atoms with Crippen LogP contribution in [0.2, 0.25) is 5.02 Å². The van der Waals surface area contributed by atoms with Gasteiger partial charge in [0.1, 0.15) is 5.60 Å². The van der Waals surface area contributed by atoms with Crippen LogP contribution >= 0.6 is 11.6 Å². The maximum atomic E-state index is 11.8. The molecule has 0 aliphatic rings. The SMILES string of the molecule is C=CC[C@@H](NC(=O)OC(C)(C)C)c1ccc(Cl)cc1. The molecule has 1 atom stereocenters. The van der Waals surface area contributed by atoms with Gasteiger partial charge >= 0.3 is 6.09 Å². The van der Waals surface area contributed by atoms with E-state index in [-0.39, 0.29) is 6.04 Å². The minimum Gasteiger partial charge on any atom is -0.444 e. The van der Waals surface area contributed by atoms with Gasteiger partial charge in [0, 0.05) is 5.02 Å². The zero-order valence-corrected chi connectivity index (χ0v) is 12.3. The third-order valence-electron chi connectivity index (χ3n) is 2.37. The first-order valence-electron chi connectivity index (χ1n) is 6.17. The van der Waals surface area contributed by atoms with Gasteiger partial charge in [0.25, 0.3) is 0 Å². The molecule has 1 aromatic carbocycles. The fourth-order valence-corrected chi connectivity index (χ4v) is 1.72. The van der Waals surface area contributed by atoms with Crippen LogP contribution in [0.3, 0.4) is 0 Å². The summed E-state index contributed by atoms with van der Waals surface area (Å²) in [7, 11) is 0. The Bertz CT molecular complexity index is 434. The highest BCUT2D eigenvalue weighted by Crippen LogP contribution is 2.20. The lowest BCUT2D eigenvalue weighted by atomic mass is 10.0. The van der Waals surface area contributed by atoms with E-state index in [4.69, 9.17) is 16.3 Å². The van der Waals surface area contributed by atoms with Crippen molar-refractivity contribution in [1.82, 2.24) is 5.32 Å². The third kappa shape index (κ3) is 5.79. The van der Waals surface area contributed by atoms with Gasteiger partial charge < -0.3 is 10.1 Å². The Hall–Kier alpha value is -1.48. The van der Waals surface area contributed by atoms with Gasteiger partial charge in [-0.3, -0.25) is 0 Å². The standard InChI is InChI=1S/C15H20ClNO2/c1-5-6-13(11-7-9-12(16)10-8-11)17-14(18)19-15(2,3)4/h5,7-10,13H,1,6H2,2-4H3,(H,17,18)/t13-/m1/s1. The number of halogens is 1. The third-order valence-corrected chi connectivity index (χ3v) is 2.62. The van der Waals surface area contributed by atoms with E-state index in [1.807, 2.05) is 32.9 Å². The molecule has 104 valence electrons. The molecule has 0 saturated heterocycles. The van der Waals surface area contributed by atoms with Gasteiger partial charge in [0.2, 0.25) is 0 Å². The lowest BCUT2D eigenvalue weighted by Crippen LogP contribution is -2.34. The molecular formula is C15H20ClNO2. The van der Waals surface area contributed by atoms with Crippen molar-refractivity contribution in [2.75, 3.05) is 0 Å². The normalized spacial score (nSPS) is 12.6. The largest absolute Gasteiger partial charge is 0.444 e. The Morgan fingerprint density at radius 2 is 2.00 bits per heavy atom. The van der Waals surface area contributed by atoms with Gasteiger partial charge in [-0.05, 0) is 44.9 Å². The summed E-state index contributed by atoms with van der Waals surface area (Å²) in [6.45, 7) is 9.20. The van der Waals surface area contributed by atoms with E-state index in [2.05, 4.69) is 11.9 Å². The number of benzene rings is 1. The molecular weight excluding hydrogens is 262 g/mol. The van der Waals surface area contributed by atoms with Gasteiger partial charge in [0.05, 0.1) is 6.04 Å². The molecule has 0 bridgehead atoms. The predicted molar refractivity (Wildman–Crippen MR) is 78.4 cm³/mol. The van der Waals surface area contributed by atoms with Crippen molar-refractivity contribution in [3.05, 3.63) is 47.5 Å². The highest BCUT2D eigenvalue weighted by atomic mass is 35.5. The van der Waals surface area contributed by atoms with Gasteiger partial charge in [-0.1, -0.05) is 29.8 Å². The van der Waals surface area contributed by atoms with Crippen molar-refractivity contribution < 1.29 is 9.53 Å². The van der Waals surface area contributed by atoms with E-state index in [9.17, 15) is 4.79 Å². The summed E-state index contributed by atoms with van der Waals surface area (Å²) in [5.74, 6) is 0. The topological polar surface area (TPSA) is 38.3 Å². The van der Waals surface area contributed by atoms with Crippen LogP contribution in [0, 0.1) is 0 Å². The fourth-order valence-electron chi connectivity index (χ4n) is 1.59. The van der Waals surface area contributed by atoms with Crippen molar-refractivity contribution in [2.24, 2.45) is 0 Å². The average molecular weight is 282 g/mol. The zero-order valence-electron chi connectivity index (χ0n) is 11.6. The highest BCUT2D eigenvalue weighted by Gasteiger charge is 2.19. The number of carbonyl (C=O) groups is 1. The molecule has 3 nitrogen and oxygen atoms in total. The summed E-state index contributed by atoms with van der Waals surface area (Å²) in [6.07, 6.45) is 1.95. The summed E-state index contributed by atoms with van der Waals surface area (Å²) >= 11 is 5.85. The van der Waals surface area contributed by atoms with E-state index in [0.29, 0.717) is 11.4 Å². The smallest absolute Gasteiger partial charge is 0.408 e. The van der Waals surface area contributed by atoms with Gasteiger partial charge in [-0.25, -0.2) is 4.79 Å². The van der Waals surface area contributed by atoms with E-state index in [0.717, 1.165) is 5.56 Å². The van der Waals surface area contributed by atoms with Crippen LogP contribution in [0.25, 0.3) is 0 Å². The molecule has 0 aliphatic heterocycles. The highest BCUT2D eigenvalue weighted by molar-refractivity contribution is 6.30. The van der Waals surface area contributed by atoms with Gasteiger partial charge in [-0.2, -0.15) is 0 Å². The molecule has 0 spiro atoms. The first-order valence-corrected chi connectivity index (χ1v) is 6.55. The second-order valence-electron chi connectivity index (χ2n) is 5.27. The number of carbonyl (C=O) groups excluding carboxylic acids is 1. The Morgan fingerprint density at radius 1 is 1.42 bits per heavy atom. The summed E-state index contributed by atoms with van der Waals surface area (Å²) in [6, 6.07) is 7.19. The number of ether oxygens (including phenoxy) is 1. The number of amides is 1. The Kier molecular flexibility index (Phi) is 5.43. The maximum absolute atomic E-state index is 11.8. The fraction of sp³-hybridized carbons (Fsp3) is 0.400. The molecule has 0 aromatic heterocycles. The molecule has 19 heavy (non-hydrogen) atoms. The number of alkyl carbamates (subject to hydrolysis) is 1. The van der Waals surface area contributed by atoms with Crippen molar-refractivity contribution in [2.45, 2.75) is 38.8 Å². The number of hydrogen-bond acceptors (Lipinski definition) is 2. The van der Waals surface area contributed by atoms with E-state index >= 15 is 0 Å². The van der Waals surface area contributed by atoms with Crippen LogP contribution in [-0.2, 0) is 4.74 Å². The van der Waals surface area contributed by atoms with Crippen LogP contribution in [-0.4, -0.2) is 11.7 Å². The van der Waals surface area contributed by atoms with Crippen LogP contribution in [0.1, 0.15) is 38.8 Å². The molecule has 0 radical (unpaired) electrons. The van der Waals surface area contributed by atoms with Crippen LogP contribution in [0.5, 0.6) is 0 Å². The van der Waals surface area contributed by atoms with E-state index in [1.54, 1.807) is 18.2 Å². The molecule has 1 rings (SSSR count). The molecule has 0 aliphatic carbocycles. The van der Waals surface area contributed by atoms with Crippen LogP contribution in [0.15, 0.2) is 36.9 Å². The Morgan fingerprint density at radius 3 is 2.47 bits per heavy atom. The molecule has 0 unspecified atom stereocenters. The molecule has 1 aromatic rings. The minimum absolute atomic E-state index is 0.162. The lowest BCUT2D eigenvalue weighted by molar-refractivity contribution is 0.0504. The lowest BCUT2D eigenvalue weighted by Gasteiger charge is -2.23. The van der Waals surface area contributed by atoms with Crippen LogP contribution < -0.4 is 5.32 Å². The minimum atomic E-state index is -0.511. The Balaban J connectivity index is 2.75. The second kappa shape index (κ2) is 6.62. The summed E-state index contributed by atoms with van der Waals surface area (Å²) in [5.41, 5.74) is 0.457. The predicted octanol–water partition coefficient (Wildman–Crippen LogP) is 4.48. The first kappa shape index (κ1) is 15.6. The number of rotatable bonds is 4. The quantitative estimate of drug-likeness (QED) is 0.826. The number of hydrogen-bond donors (Lipinski definition) is 1. The van der Waals surface area contributed by atoms with Crippen molar-refractivity contribution >= 4 is 17.7 Å². The van der Waals surface area contributed by atoms with Crippen LogP contribution in [0.4, 0.5) is 4.79 Å². The molecule has 1 N–H and O–H groups in total. The van der Waals surface area contributed by atoms with Crippen molar-refractivity contribution in [3.63, 3.8) is 0 Å². The second-order valence-corrected chi connectivity index (χ2v) is 5.71. The van der Waals surface area contributed by atoms with Gasteiger partial charge in [0.15, 0.2) is 0 Å². The first-order chi connectivity index (χ1) is 8.81. The van der Waals surface area contributed by atoms with Crippen molar-refractivity contribution in [3.8, 4) is 0 Å². The summed E-state index contributed by atoms with van der Waals surface area (Å²) < 4.78 is 5.25. The van der Waals surface area contributed by atoms with E-state index < -0.39 is 11.7 Å². The molecule has 0 saturated carbocycles. The zero-order chi connectivity index (χ0) is 14.5. The molecule has 0 fully saturated rings. The van der Waals surface area contributed by atoms with E-state index in [1.165, 1.54) is 0 Å². The summed E-state index contributed by atoms with van der Waals surface area (Å²) in [4.78, 5) is 11.8. The molecule has 0 heterocycles. The number of nitrogens with one attached hydrogen (secondary N) is 1. The average Bonchev–Trinajstić information content (AvgIpc) is 2.27. The monoisotopic (exact) mass is 281 g/mol. The molecule has 4 heteroatoms. The Labute approximate surface area is 119 Å². The molecule has 1 amide bonds. The van der Waals surface area contributed by atoms with Crippen molar-refractivity contribution in [1.29, 1.82) is 0 Å².